The molecule has 0 radical (unpaired) electrons. The van der Waals surface area contributed by atoms with Crippen LogP contribution in [0.25, 0.3) is 6.08 Å². The summed E-state index contributed by atoms with van der Waals surface area (Å²) in [5.74, 6) is 0.342. The van der Waals surface area contributed by atoms with Crippen molar-refractivity contribution in [2.75, 3.05) is 6.61 Å². The van der Waals surface area contributed by atoms with Crippen LogP contribution in [0, 0.1) is 0 Å². The van der Waals surface area contributed by atoms with E-state index in [2.05, 4.69) is 0 Å². The van der Waals surface area contributed by atoms with Crippen molar-refractivity contribution in [3.05, 3.63) is 66.1 Å². The van der Waals surface area contributed by atoms with Gasteiger partial charge in [-0.1, -0.05) is 36.4 Å². The molecule has 0 saturated carbocycles. The van der Waals surface area contributed by atoms with Crippen molar-refractivity contribution < 1.29 is 13.9 Å². The predicted octanol–water partition coefficient (Wildman–Crippen LogP) is 3.19. The summed E-state index contributed by atoms with van der Waals surface area (Å²) in [6.07, 6.45) is 6.06. The second-order valence-electron chi connectivity index (χ2n) is 5.16. The van der Waals surface area contributed by atoms with Crippen molar-refractivity contribution in [1.82, 2.24) is 0 Å². The molecule has 2 aromatic rings. The lowest BCUT2D eigenvalue weighted by Gasteiger charge is -2.26. The minimum absolute atomic E-state index is 0.314. The summed E-state index contributed by atoms with van der Waals surface area (Å²) in [7, 11) is 0. The zero-order valence-corrected chi connectivity index (χ0v) is 12.7. The SMILES string of the molecule is CCOC(=O)[C@](N)(C/C=C/c1ccco1)Cc1ccccc1. The molecule has 0 aliphatic heterocycles. The van der Waals surface area contributed by atoms with Crippen LogP contribution in [-0.4, -0.2) is 18.1 Å². The van der Waals surface area contributed by atoms with Gasteiger partial charge in [0.05, 0.1) is 12.9 Å². The first-order valence-corrected chi connectivity index (χ1v) is 7.34. The Hall–Kier alpha value is -2.33. The van der Waals surface area contributed by atoms with Gasteiger partial charge in [-0.15, -0.1) is 0 Å². The van der Waals surface area contributed by atoms with Crippen molar-refractivity contribution in [3.63, 3.8) is 0 Å². The quantitative estimate of drug-likeness (QED) is 0.797. The predicted molar refractivity (Wildman–Crippen MR) is 86.1 cm³/mol. The summed E-state index contributed by atoms with van der Waals surface area (Å²) in [4.78, 5) is 12.3. The fraction of sp³-hybridized carbons (Fsp3) is 0.278. The third-order valence-electron chi connectivity index (χ3n) is 3.35. The van der Waals surface area contributed by atoms with E-state index in [1.807, 2.05) is 54.6 Å². The normalized spacial score (nSPS) is 13.9. The summed E-state index contributed by atoms with van der Waals surface area (Å²) in [5, 5.41) is 0. The van der Waals surface area contributed by atoms with E-state index in [0.29, 0.717) is 19.4 Å². The van der Waals surface area contributed by atoms with E-state index in [9.17, 15) is 4.79 Å². The molecule has 0 unspecified atom stereocenters. The van der Waals surface area contributed by atoms with E-state index >= 15 is 0 Å². The number of furan rings is 1. The van der Waals surface area contributed by atoms with Crippen molar-refractivity contribution in [2.24, 2.45) is 5.73 Å². The smallest absolute Gasteiger partial charge is 0.326 e. The zero-order chi connectivity index (χ0) is 15.8. The van der Waals surface area contributed by atoms with E-state index in [1.54, 1.807) is 13.2 Å². The Bertz CT molecular complexity index is 605. The topological polar surface area (TPSA) is 65.5 Å². The summed E-state index contributed by atoms with van der Waals surface area (Å²) >= 11 is 0. The first-order valence-electron chi connectivity index (χ1n) is 7.34. The highest BCUT2D eigenvalue weighted by Gasteiger charge is 2.34. The number of hydrogen-bond donors (Lipinski definition) is 1. The Morgan fingerprint density at radius 3 is 2.68 bits per heavy atom. The van der Waals surface area contributed by atoms with Crippen LogP contribution in [0.1, 0.15) is 24.7 Å². The van der Waals surface area contributed by atoms with Gasteiger partial charge in [0.15, 0.2) is 0 Å². The second kappa shape index (κ2) is 7.61. The van der Waals surface area contributed by atoms with Crippen molar-refractivity contribution >= 4 is 12.0 Å². The monoisotopic (exact) mass is 299 g/mol. The third-order valence-corrected chi connectivity index (χ3v) is 3.35. The van der Waals surface area contributed by atoms with Crippen LogP contribution in [0.3, 0.4) is 0 Å². The van der Waals surface area contributed by atoms with Crippen LogP contribution in [0.4, 0.5) is 0 Å². The number of esters is 1. The molecule has 116 valence electrons. The molecule has 0 saturated heterocycles. The first-order chi connectivity index (χ1) is 10.6. The van der Waals surface area contributed by atoms with Crippen molar-refractivity contribution in [1.29, 1.82) is 0 Å². The largest absolute Gasteiger partial charge is 0.465 e. The molecular formula is C18H21NO3. The van der Waals surface area contributed by atoms with Crippen LogP contribution in [0.5, 0.6) is 0 Å². The number of nitrogens with two attached hydrogens (primary N) is 1. The number of benzene rings is 1. The standard InChI is InChI=1S/C18H21NO3/c1-2-21-17(20)18(19,14-15-8-4-3-5-9-15)12-6-10-16-11-7-13-22-16/h3-11,13H,2,12,14,19H2,1H3/b10-6+/t18-/m0/s1. The minimum atomic E-state index is -1.08. The van der Waals surface area contributed by atoms with Gasteiger partial charge in [0.1, 0.15) is 11.3 Å². The molecule has 1 heterocycles. The fourth-order valence-electron chi connectivity index (χ4n) is 2.23. The molecule has 0 aliphatic carbocycles. The van der Waals surface area contributed by atoms with Crippen molar-refractivity contribution in [2.45, 2.75) is 25.3 Å². The molecule has 1 aromatic heterocycles. The van der Waals surface area contributed by atoms with Gasteiger partial charge in [-0.2, -0.15) is 0 Å². The number of hydrogen-bond acceptors (Lipinski definition) is 4. The molecule has 0 amide bonds. The molecular weight excluding hydrogens is 278 g/mol. The molecule has 2 rings (SSSR count). The Morgan fingerprint density at radius 2 is 2.05 bits per heavy atom. The average molecular weight is 299 g/mol. The number of rotatable bonds is 7. The maximum Gasteiger partial charge on any atom is 0.326 e. The maximum atomic E-state index is 12.3. The Kier molecular flexibility index (Phi) is 5.55. The lowest BCUT2D eigenvalue weighted by atomic mass is 9.88. The number of ether oxygens (including phenoxy) is 1. The molecule has 0 fully saturated rings. The van der Waals surface area contributed by atoms with Crippen LogP contribution in [0.15, 0.2) is 59.2 Å². The molecule has 22 heavy (non-hydrogen) atoms. The summed E-state index contributed by atoms with van der Waals surface area (Å²) in [5.41, 5.74) is 6.26. The number of carbonyl (C=O) groups is 1. The second-order valence-corrected chi connectivity index (χ2v) is 5.16. The van der Waals surface area contributed by atoms with Gasteiger partial charge in [0, 0.05) is 6.42 Å². The summed E-state index contributed by atoms with van der Waals surface area (Å²) < 4.78 is 10.4. The lowest BCUT2D eigenvalue weighted by molar-refractivity contribution is -0.149. The fourth-order valence-corrected chi connectivity index (χ4v) is 2.23. The zero-order valence-electron chi connectivity index (χ0n) is 12.7. The van der Waals surface area contributed by atoms with Gasteiger partial charge in [-0.05, 0) is 37.1 Å². The molecule has 1 atom stereocenters. The highest BCUT2D eigenvalue weighted by Crippen LogP contribution is 2.19. The minimum Gasteiger partial charge on any atom is -0.465 e. The van der Waals surface area contributed by atoms with Gasteiger partial charge < -0.3 is 14.9 Å². The molecule has 4 nitrogen and oxygen atoms in total. The first kappa shape index (κ1) is 16.0. The van der Waals surface area contributed by atoms with Crippen LogP contribution in [-0.2, 0) is 16.0 Å². The van der Waals surface area contributed by atoms with Gasteiger partial charge in [-0.3, -0.25) is 4.79 Å². The summed E-state index contributed by atoms with van der Waals surface area (Å²) in [6.45, 7) is 2.09. The van der Waals surface area contributed by atoms with E-state index in [1.165, 1.54) is 0 Å². The van der Waals surface area contributed by atoms with Gasteiger partial charge in [0.25, 0.3) is 0 Å². The molecule has 0 bridgehead atoms. The molecule has 0 aliphatic rings. The van der Waals surface area contributed by atoms with E-state index < -0.39 is 5.54 Å². The van der Waals surface area contributed by atoms with Gasteiger partial charge in [0.2, 0.25) is 0 Å². The van der Waals surface area contributed by atoms with E-state index in [4.69, 9.17) is 14.9 Å². The highest BCUT2D eigenvalue weighted by molar-refractivity contribution is 5.81. The van der Waals surface area contributed by atoms with E-state index in [-0.39, 0.29) is 5.97 Å². The Balaban J connectivity index is 2.12. The van der Waals surface area contributed by atoms with Crippen molar-refractivity contribution in [3.8, 4) is 0 Å². The average Bonchev–Trinajstić information content (AvgIpc) is 3.02. The van der Waals surface area contributed by atoms with E-state index in [0.717, 1.165) is 11.3 Å². The lowest BCUT2D eigenvalue weighted by Crippen LogP contribution is -2.50. The molecule has 2 N–H and O–H groups in total. The molecule has 0 spiro atoms. The van der Waals surface area contributed by atoms with Crippen LogP contribution < -0.4 is 5.73 Å². The third kappa shape index (κ3) is 4.33. The highest BCUT2D eigenvalue weighted by atomic mass is 16.5. The molecule has 4 heteroatoms. The van der Waals surface area contributed by atoms with Gasteiger partial charge >= 0.3 is 5.97 Å². The maximum absolute atomic E-state index is 12.3. The Morgan fingerprint density at radius 1 is 1.27 bits per heavy atom. The summed E-state index contributed by atoms with van der Waals surface area (Å²) in [6, 6.07) is 13.4. The Labute approximate surface area is 130 Å². The number of carbonyl (C=O) groups excluding carboxylic acids is 1. The molecule has 1 aromatic carbocycles. The van der Waals surface area contributed by atoms with Crippen LogP contribution >= 0.6 is 0 Å². The van der Waals surface area contributed by atoms with Crippen LogP contribution in [0.2, 0.25) is 0 Å². The van der Waals surface area contributed by atoms with Gasteiger partial charge in [-0.25, -0.2) is 0 Å².